The molecule has 0 saturated carbocycles. The minimum atomic E-state index is -0.581. The molecule has 5 rings (SSSR count). The van der Waals surface area contributed by atoms with Gasteiger partial charge in [-0.15, -0.1) is 0 Å². The number of rotatable bonds is 4. The number of amides is 2. The number of ether oxygens (including phenoxy) is 2. The first-order chi connectivity index (χ1) is 14.1. The summed E-state index contributed by atoms with van der Waals surface area (Å²) >= 11 is 0. The monoisotopic (exact) mass is 389 g/mol. The van der Waals surface area contributed by atoms with Gasteiger partial charge in [0, 0.05) is 5.56 Å². The van der Waals surface area contributed by atoms with Crippen molar-refractivity contribution in [3.8, 4) is 5.75 Å². The molecule has 2 aromatic rings. The van der Waals surface area contributed by atoms with E-state index in [1.165, 1.54) is 29.2 Å². The van der Waals surface area contributed by atoms with Crippen LogP contribution >= 0.6 is 0 Å². The smallest absolute Gasteiger partial charge is 0.343 e. The Morgan fingerprint density at radius 3 is 2.03 bits per heavy atom. The molecule has 2 amide bonds. The van der Waals surface area contributed by atoms with Crippen LogP contribution in [-0.4, -0.2) is 36.3 Å². The van der Waals surface area contributed by atoms with Crippen molar-refractivity contribution in [2.45, 2.75) is 12.2 Å². The van der Waals surface area contributed by atoms with E-state index in [1.807, 2.05) is 12.2 Å². The summed E-state index contributed by atoms with van der Waals surface area (Å²) in [6, 6.07) is 12.3. The lowest BCUT2D eigenvalue weighted by Gasteiger charge is -2.17. The second-order valence-corrected chi connectivity index (χ2v) is 7.14. The molecule has 0 spiro atoms. The van der Waals surface area contributed by atoms with E-state index in [0.717, 1.165) is 0 Å². The van der Waals surface area contributed by atoms with Crippen molar-refractivity contribution in [2.75, 3.05) is 4.90 Å². The predicted octanol–water partition coefficient (Wildman–Crippen LogP) is 2.16. The molecule has 3 aliphatic heterocycles. The average molecular weight is 389 g/mol. The Hall–Kier alpha value is -3.58. The van der Waals surface area contributed by atoms with Crippen molar-refractivity contribution in [1.29, 1.82) is 0 Å². The molecule has 2 fully saturated rings. The highest BCUT2D eigenvalue weighted by atomic mass is 16.5. The van der Waals surface area contributed by atoms with E-state index in [4.69, 9.17) is 9.47 Å². The van der Waals surface area contributed by atoms with E-state index in [9.17, 15) is 19.2 Å². The molecule has 2 bridgehead atoms. The number of carbonyl (C=O) groups is 4. The summed E-state index contributed by atoms with van der Waals surface area (Å²) in [4.78, 5) is 49.7. The summed E-state index contributed by atoms with van der Waals surface area (Å²) in [5.74, 6) is -1.77. The quantitative estimate of drug-likeness (QED) is 0.262. The van der Waals surface area contributed by atoms with E-state index < -0.39 is 17.8 Å². The first-order valence-electron chi connectivity index (χ1n) is 9.16. The van der Waals surface area contributed by atoms with Gasteiger partial charge in [0.05, 0.1) is 35.3 Å². The zero-order valence-corrected chi connectivity index (χ0v) is 15.1. The van der Waals surface area contributed by atoms with Crippen molar-refractivity contribution >= 4 is 29.8 Å². The fourth-order valence-electron chi connectivity index (χ4n) is 4.09. The Bertz CT molecular complexity index is 1030. The molecule has 4 atom stereocenters. The topological polar surface area (TPSA) is 90.0 Å². The molecule has 7 heteroatoms. The Kier molecular flexibility index (Phi) is 3.92. The minimum absolute atomic E-state index is 0.276. The number of esters is 1. The fourth-order valence-corrected chi connectivity index (χ4v) is 4.09. The van der Waals surface area contributed by atoms with Crippen LogP contribution in [0.5, 0.6) is 5.75 Å². The van der Waals surface area contributed by atoms with Gasteiger partial charge < -0.3 is 9.47 Å². The number of nitrogens with zero attached hydrogens (tertiary/aromatic N) is 1. The van der Waals surface area contributed by atoms with Gasteiger partial charge in [0.1, 0.15) is 12.0 Å². The number of fused-ring (bicyclic) bond motifs is 5. The molecule has 7 nitrogen and oxygen atoms in total. The maximum Gasteiger partial charge on any atom is 0.343 e. The van der Waals surface area contributed by atoms with Crippen LogP contribution in [0.25, 0.3) is 0 Å². The van der Waals surface area contributed by atoms with Gasteiger partial charge in [-0.3, -0.25) is 14.4 Å². The molecular formula is C22H15NO6. The van der Waals surface area contributed by atoms with E-state index >= 15 is 0 Å². The van der Waals surface area contributed by atoms with E-state index in [1.54, 1.807) is 24.3 Å². The molecule has 0 radical (unpaired) electrons. The molecule has 3 heterocycles. The van der Waals surface area contributed by atoms with Gasteiger partial charge in [-0.25, -0.2) is 9.69 Å². The highest BCUT2D eigenvalue weighted by Gasteiger charge is 2.60. The molecular weight excluding hydrogens is 374 g/mol. The van der Waals surface area contributed by atoms with Gasteiger partial charge in [0.15, 0.2) is 0 Å². The van der Waals surface area contributed by atoms with Crippen molar-refractivity contribution in [1.82, 2.24) is 0 Å². The Balaban J connectivity index is 1.32. The second-order valence-electron chi connectivity index (χ2n) is 7.14. The molecule has 0 aliphatic carbocycles. The zero-order valence-electron chi connectivity index (χ0n) is 15.1. The molecule has 2 aromatic carbocycles. The van der Waals surface area contributed by atoms with Crippen LogP contribution in [0.2, 0.25) is 0 Å². The first kappa shape index (κ1) is 17.5. The van der Waals surface area contributed by atoms with E-state index in [2.05, 4.69) is 0 Å². The molecule has 144 valence electrons. The summed E-state index contributed by atoms with van der Waals surface area (Å²) in [6.45, 7) is 0. The van der Waals surface area contributed by atoms with Crippen LogP contribution in [0.3, 0.4) is 0 Å². The molecule has 0 aromatic heterocycles. The van der Waals surface area contributed by atoms with Crippen molar-refractivity contribution in [3.63, 3.8) is 0 Å². The van der Waals surface area contributed by atoms with Gasteiger partial charge in [0.25, 0.3) is 0 Å². The van der Waals surface area contributed by atoms with Crippen LogP contribution in [0.1, 0.15) is 20.7 Å². The third kappa shape index (κ3) is 2.70. The molecule has 2 saturated heterocycles. The number of aldehydes is 1. The maximum absolute atomic E-state index is 12.8. The zero-order chi connectivity index (χ0) is 20.1. The van der Waals surface area contributed by atoms with Crippen molar-refractivity contribution < 1.29 is 28.7 Å². The summed E-state index contributed by atoms with van der Waals surface area (Å²) in [7, 11) is 0. The minimum Gasteiger partial charge on any atom is -0.423 e. The van der Waals surface area contributed by atoms with E-state index in [-0.39, 0.29) is 29.6 Å². The number of imide groups is 1. The number of benzene rings is 2. The lowest BCUT2D eigenvalue weighted by Crippen LogP contribution is -2.34. The van der Waals surface area contributed by atoms with Gasteiger partial charge in [-0.2, -0.15) is 0 Å². The lowest BCUT2D eigenvalue weighted by molar-refractivity contribution is -0.124. The largest absolute Gasteiger partial charge is 0.423 e. The van der Waals surface area contributed by atoms with Gasteiger partial charge in [-0.05, 0) is 48.5 Å². The predicted molar refractivity (Wildman–Crippen MR) is 101 cm³/mol. The molecule has 4 unspecified atom stereocenters. The van der Waals surface area contributed by atoms with Gasteiger partial charge >= 0.3 is 5.97 Å². The average Bonchev–Trinajstić information content (AvgIpc) is 3.42. The Morgan fingerprint density at radius 1 is 0.897 bits per heavy atom. The molecule has 0 N–H and O–H groups in total. The van der Waals surface area contributed by atoms with Crippen LogP contribution in [0, 0.1) is 11.8 Å². The third-order valence-corrected chi connectivity index (χ3v) is 5.50. The number of carbonyl (C=O) groups excluding carboxylic acids is 4. The van der Waals surface area contributed by atoms with Crippen LogP contribution < -0.4 is 9.64 Å². The summed E-state index contributed by atoms with van der Waals surface area (Å²) < 4.78 is 10.9. The number of hydrogen-bond acceptors (Lipinski definition) is 6. The number of anilines is 1. The van der Waals surface area contributed by atoms with Crippen molar-refractivity contribution in [3.05, 3.63) is 71.8 Å². The van der Waals surface area contributed by atoms with Crippen molar-refractivity contribution in [2.24, 2.45) is 11.8 Å². The molecule has 29 heavy (non-hydrogen) atoms. The molecule has 3 aliphatic rings. The Morgan fingerprint density at radius 2 is 1.48 bits per heavy atom. The standard InChI is InChI=1S/C22H15NO6/c24-11-12-1-7-15(8-2-12)28-22(27)13-3-5-14(6-4-13)23-20(25)18-16-9-10-17(29-16)19(18)21(23)26/h1-11,16-19H. The first-order valence-corrected chi connectivity index (χ1v) is 9.16. The van der Waals surface area contributed by atoms with Gasteiger partial charge in [-0.1, -0.05) is 12.2 Å². The lowest BCUT2D eigenvalue weighted by atomic mass is 9.85. The SMILES string of the molecule is O=Cc1ccc(OC(=O)c2ccc(N3C(=O)C4C5C=CC(O5)C4C3=O)cc2)cc1. The summed E-state index contributed by atoms with van der Waals surface area (Å²) in [6.07, 6.45) is 3.69. The van der Waals surface area contributed by atoms with E-state index in [0.29, 0.717) is 23.3 Å². The maximum atomic E-state index is 12.8. The Labute approximate surface area is 165 Å². The second kappa shape index (κ2) is 6.49. The number of hydrogen-bond donors (Lipinski definition) is 0. The summed E-state index contributed by atoms with van der Waals surface area (Å²) in [5, 5.41) is 0. The van der Waals surface area contributed by atoms with Crippen LogP contribution in [0.4, 0.5) is 5.69 Å². The van der Waals surface area contributed by atoms with Crippen LogP contribution in [0.15, 0.2) is 60.7 Å². The highest BCUT2D eigenvalue weighted by molar-refractivity contribution is 6.23. The summed E-state index contributed by atoms with van der Waals surface area (Å²) in [5.41, 5.74) is 1.17. The van der Waals surface area contributed by atoms with Crippen LogP contribution in [-0.2, 0) is 14.3 Å². The fraction of sp³-hybridized carbons (Fsp3) is 0.182. The van der Waals surface area contributed by atoms with Gasteiger partial charge in [0.2, 0.25) is 11.8 Å². The third-order valence-electron chi connectivity index (χ3n) is 5.50. The highest BCUT2D eigenvalue weighted by Crippen LogP contribution is 2.46. The normalized spacial score (nSPS) is 26.7.